The minimum Gasteiger partial charge on any atom is -0.490 e. The molecule has 25 heavy (non-hydrogen) atoms. The molecule has 0 saturated heterocycles. The van der Waals surface area contributed by atoms with Gasteiger partial charge in [0, 0.05) is 10.9 Å². The number of nitrogens with one attached hydrogen (secondary N) is 1. The summed E-state index contributed by atoms with van der Waals surface area (Å²) < 4.78 is 11.9. The van der Waals surface area contributed by atoms with Crippen molar-refractivity contribution in [3.63, 3.8) is 0 Å². The predicted molar refractivity (Wildman–Crippen MR) is 100 cm³/mol. The second-order valence-electron chi connectivity index (χ2n) is 5.59. The van der Waals surface area contributed by atoms with Crippen LogP contribution in [0.3, 0.4) is 0 Å². The van der Waals surface area contributed by atoms with Crippen LogP contribution in [0, 0.1) is 0 Å². The Kier molecular flexibility index (Phi) is 6.58. The lowest BCUT2D eigenvalue weighted by atomic mass is 10.2. The highest BCUT2D eigenvalue weighted by atomic mass is 79.9. The normalized spacial score (nSPS) is 10.4. The number of hydrogen-bond donors (Lipinski definition) is 1. The number of hydrogen-bond acceptors (Lipinski definition) is 4. The highest BCUT2D eigenvalue weighted by molar-refractivity contribution is 9.10. The van der Waals surface area contributed by atoms with Crippen LogP contribution < -0.4 is 14.8 Å². The molecule has 0 atom stereocenters. The number of amides is 1. The summed E-state index contributed by atoms with van der Waals surface area (Å²) in [4.78, 5) is 24.3. The van der Waals surface area contributed by atoms with E-state index in [2.05, 4.69) is 21.2 Å². The maximum Gasteiger partial charge on any atom is 0.347 e. The Morgan fingerprint density at radius 1 is 1.12 bits per heavy atom. The third kappa shape index (κ3) is 5.32. The average molecular weight is 406 g/mol. The Bertz CT molecular complexity index is 774. The van der Waals surface area contributed by atoms with E-state index in [1.807, 2.05) is 13.8 Å². The molecule has 0 radical (unpaired) electrons. The molecule has 0 heterocycles. The summed E-state index contributed by atoms with van der Waals surface area (Å²) in [7, 11) is 0. The fraction of sp³-hybridized carbons (Fsp3) is 0.263. The number of para-hydroxylation sites is 2. The largest absolute Gasteiger partial charge is 0.490 e. The molecule has 0 saturated carbocycles. The number of rotatable bonds is 6. The summed E-state index contributed by atoms with van der Waals surface area (Å²) >= 11 is 3.35. The molecule has 0 aliphatic carbocycles. The van der Waals surface area contributed by atoms with Crippen molar-refractivity contribution >= 4 is 33.5 Å². The molecule has 6 heteroatoms. The number of carbonyl (C=O) groups is 2. The number of benzene rings is 2. The van der Waals surface area contributed by atoms with Gasteiger partial charge in [0.25, 0.3) is 0 Å². The first-order chi connectivity index (χ1) is 11.9. The van der Waals surface area contributed by atoms with Crippen molar-refractivity contribution in [1.29, 1.82) is 0 Å². The molecule has 1 N–H and O–H groups in total. The van der Waals surface area contributed by atoms with Crippen LogP contribution in [-0.2, 0) is 4.79 Å². The topological polar surface area (TPSA) is 64.6 Å². The molecule has 2 rings (SSSR count). The third-order valence-corrected chi connectivity index (χ3v) is 3.70. The number of esters is 1. The van der Waals surface area contributed by atoms with Crippen LogP contribution in [0.2, 0.25) is 0 Å². The van der Waals surface area contributed by atoms with Gasteiger partial charge >= 0.3 is 5.97 Å². The second-order valence-corrected chi connectivity index (χ2v) is 6.51. The molecule has 132 valence electrons. The fourth-order valence-electron chi connectivity index (χ4n) is 2.07. The molecular formula is C19H20BrNO4. The van der Waals surface area contributed by atoms with Gasteiger partial charge in [0.05, 0.1) is 11.8 Å². The highest BCUT2D eigenvalue weighted by Gasteiger charge is 2.18. The van der Waals surface area contributed by atoms with Gasteiger partial charge < -0.3 is 14.8 Å². The van der Waals surface area contributed by atoms with Crippen molar-refractivity contribution < 1.29 is 19.1 Å². The van der Waals surface area contributed by atoms with Crippen LogP contribution in [0.4, 0.5) is 5.69 Å². The Hall–Kier alpha value is -2.34. The van der Waals surface area contributed by atoms with Gasteiger partial charge in [-0.1, -0.05) is 35.0 Å². The van der Waals surface area contributed by atoms with Gasteiger partial charge in [0.15, 0.2) is 5.75 Å². The van der Waals surface area contributed by atoms with E-state index in [1.54, 1.807) is 49.4 Å². The van der Waals surface area contributed by atoms with Gasteiger partial charge in [0.2, 0.25) is 5.91 Å². The number of ether oxygens (including phenoxy) is 2. The summed E-state index contributed by atoms with van der Waals surface area (Å²) in [5.41, 5.74) is 0.753. The van der Waals surface area contributed by atoms with Crippen molar-refractivity contribution in [2.45, 2.75) is 33.3 Å². The van der Waals surface area contributed by atoms with Crippen molar-refractivity contribution in [1.82, 2.24) is 0 Å². The predicted octanol–water partition coefficient (Wildman–Crippen LogP) is 4.80. The van der Waals surface area contributed by atoms with Gasteiger partial charge in [-0.2, -0.15) is 0 Å². The van der Waals surface area contributed by atoms with Crippen LogP contribution in [0.5, 0.6) is 11.5 Å². The lowest BCUT2D eigenvalue weighted by molar-refractivity contribution is -0.115. The summed E-state index contributed by atoms with van der Waals surface area (Å²) in [5, 5.41) is 2.72. The van der Waals surface area contributed by atoms with E-state index in [4.69, 9.17) is 9.47 Å². The van der Waals surface area contributed by atoms with Gasteiger partial charge in [-0.25, -0.2) is 4.79 Å². The monoisotopic (exact) mass is 405 g/mol. The molecule has 0 aliphatic rings. The Labute approximate surface area is 155 Å². The van der Waals surface area contributed by atoms with Crippen LogP contribution in [0.1, 0.15) is 37.6 Å². The molecule has 0 unspecified atom stereocenters. The molecular weight excluding hydrogens is 386 g/mol. The zero-order valence-corrected chi connectivity index (χ0v) is 15.9. The lowest BCUT2D eigenvalue weighted by Crippen LogP contribution is -2.16. The zero-order valence-electron chi connectivity index (χ0n) is 14.3. The molecule has 0 aromatic heterocycles. The molecule has 5 nitrogen and oxygen atoms in total. The number of anilines is 1. The summed E-state index contributed by atoms with van der Waals surface area (Å²) in [6, 6.07) is 12.0. The average Bonchev–Trinajstić information content (AvgIpc) is 2.57. The quantitative estimate of drug-likeness (QED) is 0.553. The van der Waals surface area contributed by atoms with Gasteiger partial charge in [-0.15, -0.1) is 0 Å². The third-order valence-electron chi connectivity index (χ3n) is 3.21. The van der Waals surface area contributed by atoms with Crippen LogP contribution in [-0.4, -0.2) is 18.0 Å². The molecule has 0 aliphatic heterocycles. The Balaban J connectivity index is 2.29. The van der Waals surface area contributed by atoms with E-state index in [0.29, 0.717) is 23.4 Å². The maximum atomic E-state index is 12.6. The maximum absolute atomic E-state index is 12.6. The molecule has 0 bridgehead atoms. The van der Waals surface area contributed by atoms with Gasteiger partial charge in [-0.05, 0) is 44.2 Å². The molecule has 1 amide bonds. The first-order valence-corrected chi connectivity index (χ1v) is 8.77. The second kappa shape index (κ2) is 8.67. The standard InChI is InChI=1S/C19H20BrNO4/c1-4-18(22)21-15-7-5-6-8-17(15)25-19(23)14-11-13(20)9-10-16(14)24-12(2)3/h5-12H,4H2,1-3H3,(H,21,22). The van der Waals surface area contributed by atoms with Crippen LogP contribution >= 0.6 is 15.9 Å². The molecule has 2 aromatic rings. The summed E-state index contributed by atoms with van der Waals surface area (Å²) in [6.45, 7) is 5.51. The minimum atomic E-state index is -0.560. The van der Waals surface area contributed by atoms with E-state index in [-0.39, 0.29) is 17.8 Å². The zero-order chi connectivity index (χ0) is 18.4. The Morgan fingerprint density at radius 2 is 1.84 bits per heavy atom. The van der Waals surface area contributed by atoms with Crippen molar-refractivity contribution in [2.24, 2.45) is 0 Å². The first kappa shape index (κ1) is 19.0. The number of carbonyl (C=O) groups excluding carboxylic acids is 2. The first-order valence-electron chi connectivity index (χ1n) is 7.98. The van der Waals surface area contributed by atoms with Crippen molar-refractivity contribution in [2.75, 3.05) is 5.32 Å². The number of halogens is 1. The Morgan fingerprint density at radius 3 is 2.52 bits per heavy atom. The van der Waals surface area contributed by atoms with Crippen molar-refractivity contribution in [3.8, 4) is 11.5 Å². The molecule has 0 spiro atoms. The van der Waals surface area contributed by atoms with Crippen LogP contribution in [0.25, 0.3) is 0 Å². The van der Waals surface area contributed by atoms with E-state index in [9.17, 15) is 9.59 Å². The van der Waals surface area contributed by atoms with E-state index in [1.165, 1.54) is 0 Å². The van der Waals surface area contributed by atoms with Gasteiger partial charge in [-0.3, -0.25) is 4.79 Å². The van der Waals surface area contributed by atoms with E-state index < -0.39 is 5.97 Å². The van der Waals surface area contributed by atoms with E-state index in [0.717, 1.165) is 4.47 Å². The fourth-order valence-corrected chi connectivity index (χ4v) is 2.43. The minimum absolute atomic E-state index is 0.0798. The van der Waals surface area contributed by atoms with Crippen LogP contribution in [0.15, 0.2) is 46.9 Å². The molecule has 2 aromatic carbocycles. The van der Waals surface area contributed by atoms with E-state index >= 15 is 0 Å². The molecule has 0 fully saturated rings. The summed E-state index contributed by atoms with van der Waals surface area (Å²) in [6.07, 6.45) is 0.254. The van der Waals surface area contributed by atoms with Gasteiger partial charge in [0.1, 0.15) is 11.3 Å². The lowest BCUT2D eigenvalue weighted by Gasteiger charge is -2.15. The highest BCUT2D eigenvalue weighted by Crippen LogP contribution is 2.29. The smallest absolute Gasteiger partial charge is 0.347 e. The summed E-state index contributed by atoms with van der Waals surface area (Å²) in [5.74, 6) is 0.00739. The van der Waals surface area contributed by atoms with Crippen molar-refractivity contribution in [3.05, 3.63) is 52.5 Å². The SMILES string of the molecule is CCC(=O)Nc1ccccc1OC(=O)c1cc(Br)ccc1OC(C)C.